The predicted molar refractivity (Wildman–Crippen MR) is 86.3 cm³/mol. The fraction of sp³-hybridized carbons (Fsp3) is 0.438. The summed E-state index contributed by atoms with van der Waals surface area (Å²) < 4.78 is 4.62. The molecular weight excluding hydrogens is 300 g/mol. The van der Waals surface area contributed by atoms with Crippen LogP contribution in [-0.4, -0.2) is 28.8 Å². The monoisotopic (exact) mass is 320 g/mol. The van der Waals surface area contributed by atoms with Crippen molar-refractivity contribution in [1.82, 2.24) is 9.97 Å². The number of ketones is 1. The molecule has 1 N–H and O–H groups in total. The minimum Gasteiger partial charge on any atom is -0.469 e. The summed E-state index contributed by atoms with van der Waals surface area (Å²) in [4.78, 5) is 30.6. The molecule has 0 unspecified atom stereocenters. The van der Waals surface area contributed by atoms with Crippen molar-refractivity contribution in [3.05, 3.63) is 27.2 Å². The first-order chi connectivity index (χ1) is 10.4. The van der Waals surface area contributed by atoms with Crippen LogP contribution in [0.15, 0.2) is 5.38 Å². The highest BCUT2D eigenvalue weighted by Crippen LogP contribution is 2.29. The summed E-state index contributed by atoms with van der Waals surface area (Å²) in [6, 6.07) is 0. The quantitative estimate of drug-likeness (QED) is 0.653. The molecule has 0 aliphatic carbocycles. The van der Waals surface area contributed by atoms with Crippen LogP contribution >= 0.6 is 11.3 Å². The highest BCUT2D eigenvalue weighted by molar-refractivity contribution is 7.09. The molecule has 0 aliphatic heterocycles. The maximum Gasteiger partial charge on any atom is 0.305 e. The minimum absolute atomic E-state index is 0.0611. The number of aryl methyl sites for hydroxylation is 2. The van der Waals surface area contributed by atoms with Gasteiger partial charge in [0.2, 0.25) is 0 Å². The Kier molecular flexibility index (Phi) is 5.13. The molecule has 0 bridgehead atoms. The van der Waals surface area contributed by atoms with E-state index in [1.54, 1.807) is 18.3 Å². The molecular formula is C16H20N2O3S. The van der Waals surface area contributed by atoms with Gasteiger partial charge in [-0.25, -0.2) is 4.98 Å². The third-order valence-corrected chi connectivity index (χ3v) is 4.51. The van der Waals surface area contributed by atoms with Crippen molar-refractivity contribution in [2.24, 2.45) is 0 Å². The van der Waals surface area contributed by atoms with E-state index in [4.69, 9.17) is 0 Å². The summed E-state index contributed by atoms with van der Waals surface area (Å²) in [6.45, 7) is 5.41. The molecule has 5 nitrogen and oxygen atoms in total. The van der Waals surface area contributed by atoms with Gasteiger partial charge in [0, 0.05) is 23.1 Å². The molecule has 2 rings (SSSR count). The number of Topliss-reactive ketones (excluding diaryl/α,β-unsaturated/α-hetero) is 1. The number of aromatic amines is 1. The number of hydrogen-bond donors (Lipinski definition) is 1. The molecule has 2 aromatic heterocycles. The van der Waals surface area contributed by atoms with Gasteiger partial charge < -0.3 is 9.72 Å². The van der Waals surface area contributed by atoms with E-state index in [0.717, 1.165) is 46.1 Å². The van der Waals surface area contributed by atoms with Crippen molar-refractivity contribution in [1.29, 1.82) is 0 Å². The van der Waals surface area contributed by atoms with Crippen LogP contribution in [0.3, 0.4) is 0 Å². The molecule has 0 spiro atoms. The van der Waals surface area contributed by atoms with Gasteiger partial charge in [-0.3, -0.25) is 9.59 Å². The molecule has 6 heteroatoms. The fourth-order valence-corrected chi connectivity index (χ4v) is 3.39. The number of thiazole rings is 1. The van der Waals surface area contributed by atoms with E-state index in [1.165, 1.54) is 7.11 Å². The summed E-state index contributed by atoms with van der Waals surface area (Å²) in [5.74, 6) is -0.134. The maximum atomic E-state index is 11.7. The van der Waals surface area contributed by atoms with Crippen LogP contribution < -0.4 is 0 Å². The lowest BCUT2D eigenvalue weighted by Gasteiger charge is -1.98. The van der Waals surface area contributed by atoms with Crippen LogP contribution in [0, 0.1) is 13.8 Å². The Morgan fingerprint density at radius 1 is 1.36 bits per heavy atom. The second-order valence-corrected chi connectivity index (χ2v) is 6.18. The standard InChI is InChI=1S/C16H20N2O3S/c1-9-15(11(3)19)10(2)17-16(9)12-8-22-13(18-12)6-5-7-14(20)21-4/h8,17H,5-7H2,1-4H3. The van der Waals surface area contributed by atoms with Crippen LogP contribution in [0.4, 0.5) is 0 Å². The summed E-state index contributed by atoms with van der Waals surface area (Å²) >= 11 is 1.57. The Morgan fingerprint density at radius 3 is 2.68 bits per heavy atom. The highest BCUT2D eigenvalue weighted by Gasteiger charge is 2.17. The van der Waals surface area contributed by atoms with Crippen LogP contribution in [0.2, 0.25) is 0 Å². The Balaban J connectivity index is 2.13. The summed E-state index contributed by atoms with van der Waals surface area (Å²) in [5, 5.41) is 2.96. The SMILES string of the molecule is COC(=O)CCCc1nc(-c2[nH]c(C)c(C(C)=O)c2C)cs1. The first kappa shape index (κ1) is 16.4. The fourth-order valence-electron chi connectivity index (χ4n) is 2.56. The van der Waals surface area contributed by atoms with Gasteiger partial charge in [0.25, 0.3) is 0 Å². The number of carbonyl (C=O) groups excluding carboxylic acids is 2. The van der Waals surface area contributed by atoms with E-state index in [2.05, 4.69) is 14.7 Å². The summed E-state index contributed by atoms with van der Waals surface area (Å²) in [6.07, 6.45) is 1.87. The lowest BCUT2D eigenvalue weighted by atomic mass is 10.1. The lowest BCUT2D eigenvalue weighted by molar-refractivity contribution is -0.140. The number of nitrogens with zero attached hydrogens (tertiary/aromatic N) is 1. The Hall–Kier alpha value is -1.95. The van der Waals surface area contributed by atoms with Gasteiger partial charge in [-0.05, 0) is 39.2 Å². The zero-order valence-corrected chi connectivity index (χ0v) is 14.1. The van der Waals surface area contributed by atoms with Crippen molar-refractivity contribution < 1.29 is 14.3 Å². The molecule has 2 heterocycles. The van der Waals surface area contributed by atoms with E-state index >= 15 is 0 Å². The second-order valence-electron chi connectivity index (χ2n) is 5.24. The number of ether oxygens (including phenoxy) is 1. The van der Waals surface area contributed by atoms with Crippen molar-refractivity contribution in [2.45, 2.75) is 40.0 Å². The smallest absolute Gasteiger partial charge is 0.305 e. The largest absolute Gasteiger partial charge is 0.469 e. The average molecular weight is 320 g/mol. The Bertz CT molecular complexity index is 700. The Labute approximate surface area is 133 Å². The average Bonchev–Trinajstić information content (AvgIpc) is 3.03. The molecule has 0 saturated heterocycles. The summed E-state index contributed by atoms with van der Waals surface area (Å²) in [7, 11) is 1.40. The molecule has 0 amide bonds. The van der Waals surface area contributed by atoms with Crippen LogP contribution in [0.25, 0.3) is 11.4 Å². The number of esters is 1. The first-order valence-electron chi connectivity index (χ1n) is 7.15. The number of methoxy groups -OCH3 is 1. The molecule has 2 aromatic rings. The third kappa shape index (κ3) is 3.44. The molecule has 0 fully saturated rings. The zero-order chi connectivity index (χ0) is 16.3. The van der Waals surface area contributed by atoms with Crippen molar-refractivity contribution in [3.8, 4) is 11.4 Å². The molecule has 0 aliphatic rings. The molecule has 0 saturated carbocycles. The van der Waals surface area contributed by atoms with Crippen molar-refractivity contribution in [2.75, 3.05) is 7.11 Å². The van der Waals surface area contributed by atoms with Crippen LogP contribution in [0.5, 0.6) is 0 Å². The van der Waals surface area contributed by atoms with E-state index < -0.39 is 0 Å². The van der Waals surface area contributed by atoms with Gasteiger partial charge in [-0.1, -0.05) is 0 Å². The third-order valence-electron chi connectivity index (χ3n) is 3.60. The van der Waals surface area contributed by atoms with Gasteiger partial charge >= 0.3 is 5.97 Å². The highest BCUT2D eigenvalue weighted by atomic mass is 32.1. The van der Waals surface area contributed by atoms with Gasteiger partial charge in [0.15, 0.2) is 5.78 Å². The zero-order valence-electron chi connectivity index (χ0n) is 13.3. The normalized spacial score (nSPS) is 10.7. The molecule has 0 radical (unpaired) electrons. The van der Waals surface area contributed by atoms with E-state index in [9.17, 15) is 9.59 Å². The number of aromatic nitrogens is 2. The van der Waals surface area contributed by atoms with E-state index in [0.29, 0.717) is 6.42 Å². The summed E-state index contributed by atoms with van der Waals surface area (Å²) in [5.41, 5.74) is 4.32. The van der Waals surface area contributed by atoms with Gasteiger partial charge in [-0.15, -0.1) is 11.3 Å². The number of hydrogen-bond acceptors (Lipinski definition) is 5. The van der Waals surface area contributed by atoms with E-state index in [-0.39, 0.29) is 11.8 Å². The van der Waals surface area contributed by atoms with Crippen molar-refractivity contribution >= 4 is 23.1 Å². The maximum absolute atomic E-state index is 11.7. The van der Waals surface area contributed by atoms with Crippen molar-refractivity contribution in [3.63, 3.8) is 0 Å². The number of nitrogens with one attached hydrogen (secondary N) is 1. The van der Waals surface area contributed by atoms with E-state index in [1.807, 2.05) is 19.2 Å². The van der Waals surface area contributed by atoms with Gasteiger partial charge in [0.05, 0.1) is 23.5 Å². The Morgan fingerprint density at radius 2 is 2.09 bits per heavy atom. The lowest BCUT2D eigenvalue weighted by Crippen LogP contribution is -2.00. The molecule has 22 heavy (non-hydrogen) atoms. The van der Waals surface area contributed by atoms with Crippen LogP contribution in [-0.2, 0) is 16.0 Å². The number of H-pyrrole nitrogens is 1. The second kappa shape index (κ2) is 6.87. The van der Waals surface area contributed by atoms with Crippen LogP contribution in [0.1, 0.15) is 46.4 Å². The predicted octanol–water partition coefficient (Wildman–Crippen LogP) is 3.45. The minimum atomic E-state index is -0.196. The topological polar surface area (TPSA) is 72.0 Å². The molecule has 118 valence electrons. The number of carbonyl (C=O) groups is 2. The number of rotatable bonds is 6. The first-order valence-corrected chi connectivity index (χ1v) is 8.03. The molecule has 0 aromatic carbocycles. The van der Waals surface area contributed by atoms with Gasteiger partial charge in [0.1, 0.15) is 0 Å². The molecule has 0 atom stereocenters. The van der Waals surface area contributed by atoms with Gasteiger partial charge in [-0.2, -0.15) is 0 Å².